The van der Waals surface area contributed by atoms with Gasteiger partial charge in [0.15, 0.2) is 0 Å². The minimum atomic E-state index is 0.590. The second-order valence-corrected chi connectivity index (χ2v) is 5.33. The molecule has 108 valence electrons. The zero-order chi connectivity index (χ0) is 14.3. The summed E-state index contributed by atoms with van der Waals surface area (Å²) in [5, 5.41) is 0. The zero-order valence-corrected chi connectivity index (χ0v) is 12.9. The molecule has 0 aliphatic rings. The molecule has 0 radical (unpaired) electrons. The fourth-order valence-corrected chi connectivity index (χ4v) is 2.19. The lowest BCUT2D eigenvalue weighted by Gasteiger charge is -2.26. The number of hydrogen-bond donors (Lipinski definition) is 1. The highest BCUT2D eigenvalue weighted by atomic mass is 15.2. The van der Waals surface area contributed by atoms with E-state index in [1.165, 1.54) is 17.7 Å². The van der Waals surface area contributed by atoms with Crippen molar-refractivity contribution in [2.75, 3.05) is 18.0 Å². The molecule has 0 aromatic carbocycles. The Balaban J connectivity index is 2.97. The number of hydrogen-bond acceptors (Lipinski definition) is 3. The van der Waals surface area contributed by atoms with Crippen molar-refractivity contribution >= 4 is 5.82 Å². The topological polar surface area (TPSA) is 42.1 Å². The van der Waals surface area contributed by atoms with Crippen molar-refractivity contribution in [2.45, 2.75) is 53.5 Å². The standard InChI is InChI=1S/C16H29N3/c1-5-8-15-9-14(11-17)10-16(18-15)19(7-3)12-13(4)6-2/h9-10,13H,5-8,11-12,17H2,1-4H3. The first kappa shape index (κ1) is 16.0. The van der Waals surface area contributed by atoms with Gasteiger partial charge in [0.05, 0.1) is 0 Å². The second kappa shape index (κ2) is 8.16. The predicted molar refractivity (Wildman–Crippen MR) is 83.5 cm³/mol. The number of nitrogens with two attached hydrogens (primary N) is 1. The van der Waals surface area contributed by atoms with E-state index in [1.807, 2.05) is 0 Å². The molecule has 0 aliphatic carbocycles. The van der Waals surface area contributed by atoms with E-state index >= 15 is 0 Å². The Morgan fingerprint density at radius 2 is 2.00 bits per heavy atom. The molecule has 0 fully saturated rings. The fourth-order valence-electron chi connectivity index (χ4n) is 2.19. The van der Waals surface area contributed by atoms with Crippen molar-refractivity contribution in [1.82, 2.24) is 4.98 Å². The third kappa shape index (κ3) is 4.83. The van der Waals surface area contributed by atoms with E-state index in [1.54, 1.807) is 0 Å². The third-order valence-corrected chi connectivity index (χ3v) is 3.60. The monoisotopic (exact) mass is 263 g/mol. The van der Waals surface area contributed by atoms with Gasteiger partial charge in [0.25, 0.3) is 0 Å². The Hall–Kier alpha value is -1.09. The Bertz CT molecular complexity index is 376. The first-order valence-electron chi connectivity index (χ1n) is 7.59. The van der Waals surface area contributed by atoms with Crippen molar-refractivity contribution in [1.29, 1.82) is 0 Å². The van der Waals surface area contributed by atoms with Crippen LogP contribution in [0.15, 0.2) is 12.1 Å². The molecule has 1 atom stereocenters. The minimum Gasteiger partial charge on any atom is -0.357 e. The highest BCUT2D eigenvalue weighted by Gasteiger charge is 2.11. The maximum absolute atomic E-state index is 5.81. The van der Waals surface area contributed by atoms with Gasteiger partial charge in [0.2, 0.25) is 0 Å². The summed E-state index contributed by atoms with van der Waals surface area (Å²) in [5.41, 5.74) is 8.17. The summed E-state index contributed by atoms with van der Waals surface area (Å²) in [7, 11) is 0. The molecule has 3 heteroatoms. The average molecular weight is 263 g/mol. The fraction of sp³-hybridized carbons (Fsp3) is 0.688. The molecular weight excluding hydrogens is 234 g/mol. The summed E-state index contributed by atoms with van der Waals surface area (Å²) < 4.78 is 0. The van der Waals surface area contributed by atoms with Gasteiger partial charge in [-0.25, -0.2) is 4.98 Å². The number of nitrogens with zero attached hydrogens (tertiary/aromatic N) is 2. The summed E-state index contributed by atoms with van der Waals surface area (Å²) in [6.07, 6.45) is 3.36. The van der Waals surface area contributed by atoms with Crippen LogP contribution in [0.3, 0.4) is 0 Å². The van der Waals surface area contributed by atoms with Gasteiger partial charge in [-0.3, -0.25) is 0 Å². The normalized spacial score (nSPS) is 12.5. The smallest absolute Gasteiger partial charge is 0.129 e. The molecule has 2 N–H and O–H groups in total. The number of rotatable bonds is 8. The van der Waals surface area contributed by atoms with Crippen LogP contribution in [0.5, 0.6) is 0 Å². The van der Waals surface area contributed by atoms with Crippen LogP contribution in [0, 0.1) is 5.92 Å². The quantitative estimate of drug-likeness (QED) is 0.782. The van der Waals surface area contributed by atoms with E-state index < -0.39 is 0 Å². The molecule has 1 rings (SSSR count). The molecule has 1 aromatic rings. The van der Waals surface area contributed by atoms with Gasteiger partial charge < -0.3 is 10.6 Å². The van der Waals surface area contributed by atoms with Crippen molar-refractivity contribution in [3.8, 4) is 0 Å². The van der Waals surface area contributed by atoms with E-state index in [4.69, 9.17) is 10.7 Å². The molecule has 0 bridgehead atoms. The van der Waals surface area contributed by atoms with Gasteiger partial charge in [-0.15, -0.1) is 0 Å². The maximum Gasteiger partial charge on any atom is 0.129 e. The van der Waals surface area contributed by atoms with Gasteiger partial charge in [-0.2, -0.15) is 0 Å². The van der Waals surface area contributed by atoms with Crippen LogP contribution in [0.4, 0.5) is 5.82 Å². The van der Waals surface area contributed by atoms with E-state index in [9.17, 15) is 0 Å². The lowest BCUT2D eigenvalue weighted by molar-refractivity contribution is 0.545. The van der Waals surface area contributed by atoms with Crippen LogP contribution in [0.2, 0.25) is 0 Å². The van der Waals surface area contributed by atoms with Crippen LogP contribution < -0.4 is 10.6 Å². The summed E-state index contributed by atoms with van der Waals surface area (Å²) in [5.74, 6) is 1.78. The molecule has 0 aliphatic heterocycles. The molecule has 0 amide bonds. The van der Waals surface area contributed by atoms with Gasteiger partial charge in [-0.05, 0) is 37.0 Å². The van der Waals surface area contributed by atoms with Gasteiger partial charge in [0, 0.05) is 25.3 Å². The van der Waals surface area contributed by atoms with Crippen molar-refractivity contribution in [2.24, 2.45) is 11.7 Å². The lowest BCUT2D eigenvalue weighted by Crippen LogP contribution is -2.29. The van der Waals surface area contributed by atoms with E-state index in [0.717, 1.165) is 31.7 Å². The number of aromatic nitrogens is 1. The molecule has 3 nitrogen and oxygen atoms in total. The van der Waals surface area contributed by atoms with Gasteiger partial charge in [0.1, 0.15) is 5.82 Å². The zero-order valence-electron chi connectivity index (χ0n) is 12.9. The van der Waals surface area contributed by atoms with Crippen molar-refractivity contribution in [3.05, 3.63) is 23.4 Å². The Labute approximate surface area is 118 Å². The van der Waals surface area contributed by atoms with Crippen LogP contribution >= 0.6 is 0 Å². The highest BCUT2D eigenvalue weighted by Crippen LogP contribution is 2.18. The van der Waals surface area contributed by atoms with E-state index in [-0.39, 0.29) is 0 Å². The number of anilines is 1. The molecule has 0 spiro atoms. The van der Waals surface area contributed by atoms with Crippen molar-refractivity contribution in [3.63, 3.8) is 0 Å². The molecule has 1 heterocycles. The largest absolute Gasteiger partial charge is 0.357 e. The third-order valence-electron chi connectivity index (χ3n) is 3.60. The molecule has 0 saturated heterocycles. The predicted octanol–water partition coefficient (Wildman–Crippen LogP) is 3.37. The van der Waals surface area contributed by atoms with Gasteiger partial charge >= 0.3 is 0 Å². The minimum absolute atomic E-state index is 0.590. The first-order chi connectivity index (χ1) is 9.14. The molecule has 1 unspecified atom stereocenters. The van der Waals surface area contributed by atoms with E-state index in [2.05, 4.69) is 44.7 Å². The Kier molecular flexibility index (Phi) is 6.85. The van der Waals surface area contributed by atoms with E-state index in [0.29, 0.717) is 12.5 Å². The summed E-state index contributed by atoms with van der Waals surface area (Å²) in [4.78, 5) is 7.17. The molecular formula is C16H29N3. The van der Waals surface area contributed by atoms with Crippen LogP contribution in [0.1, 0.15) is 51.8 Å². The molecule has 0 saturated carbocycles. The summed E-state index contributed by atoms with van der Waals surface area (Å²) in [6, 6.07) is 4.29. The average Bonchev–Trinajstić information content (AvgIpc) is 2.44. The molecule has 19 heavy (non-hydrogen) atoms. The molecule has 1 aromatic heterocycles. The summed E-state index contributed by atoms with van der Waals surface area (Å²) >= 11 is 0. The lowest BCUT2D eigenvalue weighted by atomic mass is 10.1. The Morgan fingerprint density at radius 3 is 2.53 bits per heavy atom. The SMILES string of the molecule is CCCc1cc(CN)cc(N(CC)CC(C)CC)n1. The highest BCUT2D eigenvalue weighted by molar-refractivity contribution is 5.43. The maximum atomic E-state index is 5.81. The second-order valence-electron chi connectivity index (χ2n) is 5.33. The number of aryl methyl sites for hydroxylation is 1. The van der Waals surface area contributed by atoms with Crippen LogP contribution in [-0.2, 0) is 13.0 Å². The van der Waals surface area contributed by atoms with Gasteiger partial charge in [-0.1, -0.05) is 33.6 Å². The van der Waals surface area contributed by atoms with Crippen molar-refractivity contribution < 1.29 is 0 Å². The van der Waals surface area contributed by atoms with Crippen LogP contribution in [0.25, 0.3) is 0 Å². The first-order valence-corrected chi connectivity index (χ1v) is 7.59. The summed E-state index contributed by atoms with van der Waals surface area (Å²) in [6.45, 7) is 11.6. The van der Waals surface area contributed by atoms with Crippen LogP contribution in [-0.4, -0.2) is 18.1 Å². The Morgan fingerprint density at radius 1 is 1.26 bits per heavy atom. The number of pyridine rings is 1.